The molecule has 0 N–H and O–H groups in total. The van der Waals surface area contributed by atoms with Gasteiger partial charge in [0.2, 0.25) is 0 Å². The number of hydrogen-bond acceptors (Lipinski definition) is 2. The van der Waals surface area contributed by atoms with Crippen LogP contribution < -0.4 is 9.47 Å². The predicted octanol–water partition coefficient (Wildman–Crippen LogP) is 7.69. The lowest BCUT2D eigenvalue weighted by atomic mass is 9.88. The molecule has 0 saturated heterocycles. The van der Waals surface area contributed by atoms with E-state index in [0.717, 1.165) is 22.6 Å². The predicted molar refractivity (Wildman–Crippen MR) is 128 cm³/mol. The van der Waals surface area contributed by atoms with Crippen LogP contribution in [-0.4, -0.2) is 13.2 Å². The molecular weight excluding hydrogens is 368 g/mol. The van der Waals surface area contributed by atoms with Crippen LogP contribution in [0.2, 0.25) is 0 Å². The molecule has 2 nitrogen and oxygen atoms in total. The molecule has 0 aliphatic rings. The van der Waals surface area contributed by atoms with Crippen LogP contribution in [0.1, 0.15) is 36.1 Å². The number of rotatable bonds is 5. The maximum Gasteiger partial charge on any atom is 0.128 e. The van der Waals surface area contributed by atoms with Crippen molar-refractivity contribution in [2.75, 3.05) is 13.2 Å². The Morgan fingerprint density at radius 1 is 0.533 bits per heavy atom. The van der Waals surface area contributed by atoms with Gasteiger partial charge < -0.3 is 9.47 Å². The third-order valence-corrected chi connectivity index (χ3v) is 5.78. The second-order valence-electron chi connectivity index (χ2n) is 8.10. The van der Waals surface area contributed by atoms with Crippen molar-refractivity contribution in [1.82, 2.24) is 0 Å². The Bertz CT molecular complexity index is 1150. The summed E-state index contributed by atoms with van der Waals surface area (Å²) in [5.74, 6) is 1.83. The van der Waals surface area contributed by atoms with Gasteiger partial charge >= 0.3 is 0 Å². The summed E-state index contributed by atoms with van der Waals surface area (Å²) in [6.45, 7) is 13.9. The Labute approximate surface area is 179 Å². The summed E-state index contributed by atoms with van der Waals surface area (Å²) in [6.07, 6.45) is 0. The SMILES string of the molecule is CCOc1cc(C)c2cc(C)ccc2c1-c1c(OCC)cc(C)c2cc(C)ccc12. The molecule has 0 aromatic heterocycles. The molecule has 0 amide bonds. The van der Waals surface area contributed by atoms with Crippen LogP contribution in [0, 0.1) is 27.7 Å². The lowest BCUT2D eigenvalue weighted by molar-refractivity contribution is 0.337. The van der Waals surface area contributed by atoms with Crippen molar-refractivity contribution in [3.63, 3.8) is 0 Å². The summed E-state index contributed by atoms with van der Waals surface area (Å²) in [5.41, 5.74) is 7.21. The Morgan fingerprint density at radius 2 is 0.933 bits per heavy atom. The van der Waals surface area contributed by atoms with Crippen LogP contribution >= 0.6 is 0 Å². The normalized spacial score (nSPS) is 11.3. The number of hydrogen-bond donors (Lipinski definition) is 0. The molecule has 4 aromatic rings. The van der Waals surface area contributed by atoms with E-state index in [0.29, 0.717) is 13.2 Å². The van der Waals surface area contributed by atoms with Crippen LogP contribution in [0.3, 0.4) is 0 Å². The van der Waals surface area contributed by atoms with Gasteiger partial charge in [0.15, 0.2) is 0 Å². The van der Waals surface area contributed by atoms with E-state index < -0.39 is 0 Å². The van der Waals surface area contributed by atoms with E-state index in [1.54, 1.807) is 0 Å². The summed E-state index contributed by atoms with van der Waals surface area (Å²) >= 11 is 0. The van der Waals surface area contributed by atoms with Crippen molar-refractivity contribution in [2.24, 2.45) is 0 Å². The van der Waals surface area contributed by atoms with Crippen LogP contribution in [0.5, 0.6) is 11.5 Å². The summed E-state index contributed by atoms with van der Waals surface area (Å²) in [6, 6.07) is 17.7. The fraction of sp³-hybridized carbons (Fsp3) is 0.286. The molecular formula is C28H30O2. The van der Waals surface area contributed by atoms with Gasteiger partial charge in [-0.25, -0.2) is 0 Å². The molecule has 0 atom stereocenters. The van der Waals surface area contributed by atoms with Gasteiger partial charge in [0.25, 0.3) is 0 Å². The van der Waals surface area contributed by atoms with E-state index in [1.165, 1.54) is 43.8 Å². The summed E-state index contributed by atoms with van der Waals surface area (Å²) < 4.78 is 12.4. The molecule has 4 rings (SSSR count). The maximum absolute atomic E-state index is 6.19. The molecule has 0 aliphatic carbocycles. The average molecular weight is 399 g/mol. The highest BCUT2D eigenvalue weighted by atomic mass is 16.5. The first-order chi connectivity index (χ1) is 14.4. The van der Waals surface area contributed by atoms with Gasteiger partial charge in [-0.15, -0.1) is 0 Å². The smallest absolute Gasteiger partial charge is 0.128 e. The molecule has 0 spiro atoms. The van der Waals surface area contributed by atoms with Crippen LogP contribution in [-0.2, 0) is 0 Å². The van der Waals surface area contributed by atoms with E-state index in [9.17, 15) is 0 Å². The largest absolute Gasteiger partial charge is 0.493 e. The lowest BCUT2D eigenvalue weighted by Crippen LogP contribution is -2.01. The first-order valence-corrected chi connectivity index (χ1v) is 10.8. The molecule has 0 bridgehead atoms. The van der Waals surface area contributed by atoms with E-state index in [4.69, 9.17) is 9.47 Å². The topological polar surface area (TPSA) is 18.5 Å². The second kappa shape index (κ2) is 8.02. The van der Waals surface area contributed by atoms with Crippen molar-refractivity contribution in [3.8, 4) is 22.6 Å². The summed E-state index contributed by atoms with van der Waals surface area (Å²) in [4.78, 5) is 0. The van der Waals surface area contributed by atoms with Crippen molar-refractivity contribution < 1.29 is 9.47 Å². The Hall–Kier alpha value is -3.00. The number of aryl methyl sites for hydroxylation is 4. The zero-order valence-electron chi connectivity index (χ0n) is 18.8. The van der Waals surface area contributed by atoms with Gasteiger partial charge in [-0.3, -0.25) is 0 Å². The van der Waals surface area contributed by atoms with E-state index in [1.807, 2.05) is 13.8 Å². The fourth-order valence-electron chi connectivity index (χ4n) is 4.42. The highest BCUT2D eigenvalue weighted by Crippen LogP contribution is 2.47. The molecule has 154 valence electrons. The van der Waals surface area contributed by atoms with Gasteiger partial charge in [0.05, 0.1) is 13.2 Å². The van der Waals surface area contributed by atoms with Crippen LogP contribution in [0.4, 0.5) is 0 Å². The molecule has 2 heteroatoms. The van der Waals surface area contributed by atoms with Gasteiger partial charge in [-0.2, -0.15) is 0 Å². The second-order valence-corrected chi connectivity index (χ2v) is 8.10. The minimum Gasteiger partial charge on any atom is -0.493 e. The lowest BCUT2D eigenvalue weighted by Gasteiger charge is -2.21. The van der Waals surface area contributed by atoms with E-state index in [2.05, 4.69) is 76.2 Å². The maximum atomic E-state index is 6.19. The Morgan fingerprint density at radius 3 is 1.30 bits per heavy atom. The van der Waals surface area contributed by atoms with Crippen LogP contribution in [0.25, 0.3) is 32.7 Å². The quantitative estimate of drug-likeness (QED) is 0.343. The zero-order chi connectivity index (χ0) is 21.4. The van der Waals surface area contributed by atoms with Crippen molar-refractivity contribution >= 4 is 21.5 Å². The minimum atomic E-state index is 0.622. The van der Waals surface area contributed by atoms with E-state index in [-0.39, 0.29) is 0 Å². The highest BCUT2D eigenvalue weighted by Gasteiger charge is 2.21. The van der Waals surface area contributed by atoms with Crippen molar-refractivity contribution in [1.29, 1.82) is 0 Å². The standard InChI is InChI=1S/C28H30O2/c1-7-29-25-15-19(5)23-13-17(3)9-11-21(23)27(25)28-22-12-10-18(4)14-24(22)20(6)16-26(28)30-8-2/h9-16H,7-8H2,1-6H3. The van der Waals surface area contributed by atoms with Gasteiger partial charge in [-0.1, -0.05) is 47.5 Å². The Balaban J connectivity index is 2.21. The first kappa shape index (κ1) is 20.3. The molecule has 4 aromatic carbocycles. The zero-order valence-corrected chi connectivity index (χ0v) is 18.8. The number of fused-ring (bicyclic) bond motifs is 2. The molecule has 0 radical (unpaired) electrons. The number of ether oxygens (including phenoxy) is 2. The first-order valence-electron chi connectivity index (χ1n) is 10.8. The monoisotopic (exact) mass is 398 g/mol. The van der Waals surface area contributed by atoms with E-state index >= 15 is 0 Å². The third kappa shape index (κ3) is 3.41. The van der Waals surface area contributed by atoms with Crippen molar-refractivity contribution in [2.45, 2.75) is 41.5 Å². The van der Waals surface area contributed by atoms with Gasteiger partial charge in [-0.05, 0) is 86.3 Å². The Kier molecular flexibility index (Phi) is 5.42. The molecule has 0 aliphatic heterocycles. The average Bonchev–Trinajstić information content (AvgIpc) is 2.71. The van der Waals surface area contributed by atoms with Gasteiger partial charge in [0, 0.05) is 11.1 Å². The minimum absolute atomic E-state index is 0.622. The molecule has 0 fully saturated rings. The third-order valence-electron chi connectivity index (χ3n) is 5.78. The van der Waals surface area contributed by atoms with Gasteiger partial charge in [0.1, 0.15) is 11.5 Å². The molecule has 0 saturated carbocycles. The summed E-state index contributed by atoms with van der Waals surface area (Å²) in [5, 5.41) is 4.93. The summed E-state index contributed by atoms with van der Waals surface area (Å²) in [7, 11) is 0. The van der Waals surface area contributed by atoms with Crippen molar-refractivity contribution in [3.05, 3.63) is 70.8 Å². The molecule has 30 heavy (non-hydrogen) atoms. The van der Waals surface area contributed by atoms with Crippen LogP contribution in [0.15, 0.2) is 48.5 Å². The molecule has 0 unspecified atom stereocenters. The highest BCUT2D eigenvalue weighted by molar-refractivity contribution is 6.11. The molecule has 0 heterocycles. The number of benzene rings is 4. The fourth-order valence-corrected chi connectivity index (χ4v) is 4.42.